The molecule has 0 saturated heterocycles. The number of nitrogens with one attached hydrogen (secondary N) is 2. The minimum absolute atomic E-state index is 0.243. The maximum Gasteiger partial charge on any atom is 0.275 e. The summed E-state index contributed by atoms with van der Waals surface area (Å²) in [7, 11) is 0. The molecule has 0 spiro atoms. The SMILES string of the molecule is Cc1cc(C)nc(Nc2nc(C(=O)Nc3ccc(C(C)C)cc3)cs2)n1. The van der Waals surface area contributed by atoms with Gasteiger partial charge in [0.2, 0.25) is 5.95 Å². The Bertz CT molecular complexity index is 898. The van der Waals surface area contributed by atoms with Gasteiger partial charge in [0.1, 0.15) is 5.69 Å². The highest BCUT2D eigenvalue weighted by molar-refractivity contribution is 7.14. The van der Waals surface area contributed by atoms with E-state index in [0.29, 0.717) is 22.7 Å². The molecule has 7 heteroatoms. The minimum atomic E-state index is -0.243. The Kier molecular flexibility index (Phi) is 5.27. The zero-order chi connectivity index (χ0) is 18.7. The first-order valence-corrected chi connectivity index (χ1v) is 9.25. The van der Waals surface area contributed by atoms with Crippen molar-refractivity contribution < 1.29 is 4.79 Å². The first-order valence-electron chi connectivity index (χ1n) is 8.37. The van der Waals surface area contributed by atoms with Gasteiger partial charge in [-0.3, -0.25) is 4.79 Å². The molecule has 3 rings (SSSR count). The molecule has 0 fully saturated rings. The number of benzene rings is 1. The summed E-state index contributed by atoms with van der Waals surface area (Å²) in [4.78, 5) is 25.3. The van der Waals surface area contributed by atoms with E-state index in [-0.39, 0.29) is 5.91 Å². The fourth-order valence-electron chi connectivity index (χ4n) is 2.46. The van der Waals surface area contributed by atoms with Gasteiger partial charge in [0, 0.05) is 22.5 Å². The summed E-state index contributed by atoms with van der Waals surface area (Å²) in [5.41, 5.74) is 4.09. The predicted octanol–water partition coefficient (Wildman–Crippen LogP) is 4.67. The lowest BCUT2D eigenvalue weighted by Gasteiger charge is -2.07. The second-order valence-electron chi connectivity index (χ2n) is 6.37. The second-order valence-corrected chi connectivity index (χ2v) is 7.23. The standard InChI is InChI=1S/C19H21N5OS/c1-11(2)14-5-7-15(8-6-14)22-17(25)16-10-26-19(23-16)24-18-20-12(3)9-13(4)21-18/h5-11H,1-4H3,(H,22,25)(H,20,21,23,24). The number of hydrogen-bond acceptors (Lipinski definition) is 6. The molecule has 2 heterocycles. The number of aromatic nitrogens is 3. The van der Waals surface area contributed by atoms with Crippen LogP contribution in [-0.4, -0.2) is 20.9 Å². The van der Waals surface area contributed by atoms with Crippen LogP contribution in [0, 0.1) is 13.8 Å². The van der Waals surface area contributed by atoms with Crippen molar-refractivity contribution in [3.8, 4) is 0 Å². The summed E-state index contributed by atoms with van der Waals surface area (Å²) in [5, 5.41) is 8.21. The van der Waals surface area contributed by atoms with Crippen LogP contribution in [0.25, 0.3) is 0 Å². The third-order valence-corrected chi connectivity index (χ3v) is 4.53. The Morgan fingerprint density at radius 2 is 1.69 bits per heavy atom. The molecule has 3 aromatic rings. The molecule has 0 saturated carbocycles. The molecule has 26 heavy (non-hydrogen) atoms. The number of anilines is 3. The molecule has 0 bridgehead atoms. The Morgan fingerprint density at radius 3 is 2.31 bits per heavy atom. The third-order valence-electron chi connectivity index (χ3n) is 3.77. The Morgan fingerprint density at radius 1 is 1.04 bits per heavy atom. The van der Waals surface area contributed by atoms with Crippen LogP contribution in [0.4, 0.5) is 16.8 Å². The van der Waals surface area contributed by atoms with Crippen LogP contribution < -0.4 is 10.6 Å². The summed E-state index contributed by atoms with van der Waals surface area (Å²) in [6, 6.07) is 9.75. The Labute approximate surface area is 156 Å². The summed E-state index contributed by atoms with van der Waals surface area (Å²) in [6.07, 6.45) is 0. The van der Waals surface area contributed by atoms with Gasteiger partial charge in [-0.2, -0.15) is 0 Å². The highest BCUT2D eigenvalue weighted by Crippen LogP contribution is 2.21. The second kappa shape index (κ2) is 7.61. The van der Waals surface area contributed by atoms with Gasteiger partial charge in [-0.1, -0.05) is 26.0 Å². The lowest BCUT2D eigenvalue weighted by atomic mass is 10.0. The topological polar surface area (TPSA) is 79.8 Å². The van der Waals surface area contributed by atoms with Gasteiger partial charge in [0.15, 0.2) is 5.13 Å². The van der Waals surface area contributed by atoms with E-state index in [4.69, 9.17) is 0 Å². The smallest absolute Gasteiger partial charge is 0.275 e. The van der Waals surface area contributed by atoms with Crippen LogP contribution in [0.2, 0.25) is 0 Å². The highest BCUT2D eigenvalue weighted by atomic mass is 32.1. The van der Waals surface area contributed by atoms with E-state index in [9.17, 15) is 4.79 Å². The Balaban J connectivity index is 1.67. The largest absolute Gasteiger partial charge is 0.321 e. The molecule has 2 aromatic heterocycles. The van der Waals surface area contributed by atoms with E-state index in [2.05, 4.69) is 39.4 Å². The van der Waals surface area contributed by atoms with Crippen molar-refractivity contribution in [3.05, 3.63) is 58.4 Å². The molecule has 0 aliphatic carbocycles. The molecular weight excluding hydrogens is 346 g/mol. The first-order chi connectivity index (χ1) is 12.4. The van der Waals surface area contributed by atoms with E-state index in [0.717, 1.165) is 17.1 Å². The number of aryl methyl sites for hydroxylation is 2. The molecule has 0 radical (unpaired) electrons. The fraction of sp³-hybridized carbons (Fsp3) is 0.263. The highest BCUT2D eigenvalue weighted by Gasteiger charge is 2.12. The molecule has 0 aliphatic heterocycles. The van der Waals surface area contributed by atoms with Crippen molar-refractivity contribution in [2.24, 2.45) is 0 Å². The van der Waals surface area contributed by atoms with Crippen LogP contribution in [0.5, 0.6) is 0 Å². The van der Waals surface area contributed by atoms with Crippen LogP contribution in [0.3, 0.4) is 0 Å². The zero-order valence-electron chi connectivity index (χ0n) is 15.2. The van der Waals surface area contributed by atoms with Gasteiger partial charge >= 0.3 is 0 Å². The molecule has 0 unspecified atom stereocenters. The van der Waals surface area contributed by atoms with E-state index < -0.39 is 0 Å². The number of hydrogen-bond donors (Lipinski definition) is 2. The number of carbonyl (C=O) groups is 1. The molecule has 1 amide bonds. The number of carbonyl (C=O) groups excluding carboxylic acids is 1. The van der Waals surface area contributed by atoms with Crippen LogP contribution in [0.1, 0.15) is 47.2 Å². The fourth-order valence-corrected chi connectivity index (χ4v) is 3.14. The molecule has 0 atom stereocenters. The van der Waals surface area contributed by atoms with Crippen molar-refractivity contribution in [2.45, 2.75) is 33.6 Å². The quantitative estimate of drug-likeness (QED) is 0.685. The van der Waals surface area contributed by atoms with Crippen LogP contribution >= 0.6 is 11.3 Å². The lowest BCUT2D eigenvalue weighted by molar-refractivity contribution is 0.102. The summed E-state index contributed by atoms with van der Waals surface area (Å²) in [5.74, 6) is 0.695. The third kappa shape index (κ3) is 4.43. The van der Waals surface area contributed by atoms with Gasteiger partial charge in [-0.05, 0) is 43.5 Å². The molecule has 6 nitrogen and oxygen atoms in total. The summed E-state index contributed by atoms with van der Waals surface area (Å²) >= 11 is 1.34. The number of thiazole rings is 1. The van der Waals surface area contributed by atoms with Gasteiger partial charge < -0.3 is 10.6 Å². The van der Waals surface area contributed by atoms with E-state index in [1.165, 1.54) is 16.9 Å². The average Bonchev–Trinajstić information content (AvgIpc) is 3.03. The van der Waals surface area contributed by atoms with Crippen LogP contribution in [-0.2, 0) is 0 Å². The zero-order valence-corrected chi connectivity index (χ0v) is 16.0. The maximum atomic E-state index is 12.4. The molecule has 1 aromatic carbocycles. The summed E-state index contributed by atoms with van der Waals surface area (Å²) in [6.45, 7) is 8.09. The average molecular weight is 367 g/mol. The number of amides is 1. The molecular formula is C19H21N5OS. The first kappa shape index (κ1) is 18.0. The monoisotopic (exact) mass is 367 g/mol. The maximum absolute atomic E-state index is 12.4. The van der Waals surface area contributed by atoms with Crippen LogP contribution in [0.15, 0.2) is 35.7 Å². The van der Waals surface area contributed by atoms with Gasteiger partial charge in [0.05, 0.1) is 0 Å². The van der Waals surface area contributed by atoms with Crippen molar-refractivity contribution >= 4 is 34.0 Å². The van der Waals surface area contributed by atoms with Crippen molar-refractivity contribution in [3.63, 3.8) is 0 Å². The molecule has 134 valence electrons. The van der Waals surface area contributed by atoms with Gasteiger partial charge in [-0.25, -0.2) is 15.0 Å². The number of nitrogens with zero attached hydrogens (tertiary/aromatic N) is 3. The van der Waals surface area contributed by atoms with E-state index in [1.54, 1.807) is 5.38 Å². The summed E-state index contributed by atoms with van der Waals surface area (Å²) < 4.78 is 0. The molecule has 2 N–H and O–H groups in total. The van der Waals surface area contributed by atoms with Crippen molar-refractivity contribution in [1.29, 1.82) is 0 Å². The minimum Gasteiger partial charge on any atom is -0.321 e. The van der Waals surface area contributed by atoms with Crippen molar-refractivity contribution in [1.82, 2.24) is 15.0 Å². The predicted molar refractivity (Wildman–Crippen MR) is 105 cm³/mol. The van der Waals surface area contributed by atoms with Gasteiger partial charge in [-0.15, -0.1) is 11.3 Å². The van der Waals surface area contributed by atoms with E-state index in [1.807, 2.05) is 44.2 Å². The Hall–Kier alpha value is -2.80. The normalized spacial score (nSPS) is 10.8. The van der Waals surface area contributed by atoms with Gasteiger partial charge in [0.25, 0.3) is 5.91 Å². The van der Waals surface area contributed by atoms with E-state index >= 15 is 0 Å². The lowest BCUT2D eigenvalue weighted by Crippen LogP contribution is -2.12. The number of rotatable bonds is 5. The van der Waals surface area contributed by atoms with Crippen molar-refractivity contribution in [2.75, 3.05) is 10.6 Å². The molecule has 0 aliphatic rings.